The number of methoxy groups -OCH3 is 2. The molecule has 0 saturated heterocycles. The van der Waals surface area contributed by atoms with Crippen LogP contribution in [0.2, 0.25) is 0 Å². The number of carbonyl (C=O) groups excluding carboxylic acids is 1. The first kappa shape index (κ1) is 27.1. The summed E-state index contributed by atoms with van der Waals surface area (Å²) in [5.41, 5.74) is 5.39. The van der Waals surface area contributed by atoms with Gasteiger partial charge < -0.3 is 14.2 Å². The van der Waals surface area contributed by atoms with E-state index in [2.05, 4.69) is 18.0 Å². The monoisotopic (exact) mass is 554 g/mol. The number of allylic oxidation sites excluding steroid dienone is 1. The number of thiazole rings is 1. The second-order valence-electron chi connectivity index (χ2n) is 9.54. The van der Waals surface area contributed by atoms with Crippen molar-refractivity contribution in [1.29, 1.82) is 0 Å². The predicted molar refractivity (Wildman–Crippen MR) is 155 cm³/mol. The molecule has 4 aromatic rings. The standard InChI is InChI=1S/C32H30N2O5S/c1-19-10-9-13-25(20(19)2)39-18-24-16-22(14-15-26(24)37-4)17-27-30(35)34-29(23-11-7-6-8-12-23)28(31(36)38-5)21(3)33-32(34)40-27/h6-17,29H,18H2,1-5H3/t29-/m1/s1. The molecule has 1 aliphatic rings. The molecule has 0 radical (unpaired) electrons. The second-order valence-corrected chi connectivity index (χ2v) is 10.6. The van der Waals surface area contributed by atoms with Gasteiger partial charge in [-0.1, -0.05) is 59.9 Å². The third-order valence-electron chi connectivity index (χ3n) is 7.08. The number of benzene rings is 3. The molecular formula is C32H30N2O5S. The SMILES string of the molecule is COC(=O)C1=C(C)N=c2sc(=Cc3ccc(OC)c(COc4cccc(C)c4C)c3)c(=O)n2[C@@H]1c1ccccc1. The van der Waals surface area contributed by atoms with Gasteiger partial charge in [-0.2, -0.15) is 0 Å². The van der Waals surface area contributed by atoms with Gasteiger partial charge in [-0.3, -0.25) is 9.36 Å². The van der Waals surface area contributed by atoms with Crippen molar-refractivity contribution in [2.24, 2.45) is 4.99 Å². The van der Waals surface area contributed by atoms with Gasteiger partial charge in [0.1, 0.15) is 18.1 Å². The van der Waals surface area contributed by atoms with Crippen LogP contribution >= 0.6 is 11.3 Å². The van der Waals surface area contributed by atoms with E-state index in [1.165, 1.54) is 18.4 Å². The molecule has 1 aliphatic heterocycles. The van der Waals surface area contributed by atoms with Crippen molar-refractivity contribution in [1.82, 2.24) is 4.57 Å². The zero-order valence-corrected chi connectivity index (χ0v) is 23.9. The quantitative estimate of drug-likeness (QED) is 0.312. The minimum atomic E-state index is -0.635. The Morgan fingerprint density at radius 1 is 1.00 bits per heavy atom. The van der Waals surface area contributed by atoms with Gasteiger partial charge >= 0.3 is 5.97 Å². The normalized spacial score (nSPS) is 14.9. The summed E-state index contributed by atoms with van der Waals surface area (Å²) in [6.45, 7) is 6.17. The summed E-state index contributed by atoms with van der Waals surface area (Å²) >= 11 is 1.29. The van der Waals surface area contributed by atoms with Crippen molar-refractivity contribution >= 4 is 23.4 Å². The first-order valence-corrected chi connectivity index (χ1v) is 13.7. The second kappa shape index (κ2) is 11.4. The van der Waals surface area contributed by atoms with Crippen LogP contribution in [-0.4, -0.2) is 24.8 Å². The van der Waals surface area contributed by atoms with E-state index in [9.17, 15) is 9.59 Å². The van der Waals surface area contributed by atoms with Crippen molar-refractivity contribution in [3.8, 4) is 11.5 Å². The highest BCUT2D eigenvalue weighted by Gasteiger charge is 2.32. The number of aryl methyl sites for hydroxylation is 1. The van der Waals surface area contributed by atoms with Crippen molar-refractivity contribution in [2.75, 3.05) is 14.2 Å². The number of rotatable bonds is 7. The van der Waals surface area contributed by atoms with Crippen LogP contribution in [0.5, 0.6) is 11.5 Å². The van der Waals surface area contributed by atoms with Gasteiger partial charge in [-0.05, 0) is 67.3 Å². The highest BCUT2D eigenvalue weighted by molar-refractivity contribution is 7.07. The minimum absolute atomic E-state index is 0.226. The number of aromatic nitrogens is 1. The molecule has 3 aromatic carbocycles. The van der Waals surface area contributed by atoms with Crippen molar-refractivity contribution in [3.05, 3.63) is 126 Å². The molecule has 0 spiro atoms. The topological polar surface area (TPSA) is 79.1 Å². The molecule has 0 bridgehead atoms. The summed E-state index contributed by atoms with van der Waals surface area (Å²) in [5.74, 6) is 1.01. The number of carbonyl (C=O) groups is 1. The first-order chi connectivity index (χ1) is 19.3. The van der Waals surface area contributed by atoms with Gasteiger partial charge in [0, 0.05) is 5.56 Å². The Morgan fingerprint density at radius 3 is 2.50 bits per heavy atom. The van der Waals surface area contributed by atoms with Crippen LogP contribution in [-0.2, 0) is 16.1 Å². The molecule has 1 atom stereocenters. The third kappa shape index (κ3) is 5.10. The maximum atomic E-state index is 13.8. The number of nitrogens with zero attached hydrogens (tertiary/aromatic N) is 2. The maximum absolute atomic E-state index is 13.8. The van der Waals surface area contributed by atoms with E-state index in [1.807, 2.05) is 73.7 Å². The van der Waals surface area contributed by atoms with Gasteiger partial charge in [0.2, 0.25) is 0 Å². The molecule has 204 valence electrons. The molecule has 8 heteroatoms. The Morgan fingerprint density at radius 2 is 1.77 bits per heavy atom. The van der Waals surface area contributed by atoms with E-state index >= 15 is 0 Å². The van der Waals surface area contributed by atoms with Crippen LogP contribution in [0.3, 0.4) is 0 Å². The summed E-state index contributed by atoms with van der Waals surface area (Å²) in [4.78, 5) is 31.8. The van der Waals surface area contributed by atoms with Gasteiger partial charge in [0.15, 0.2) is 4.80 Å². The Kier molecular flexibility index (Phi) is 7.71. The third-order valence-corrected chi connectivity index (χ3v) is 8.07. The summed E-state index contributed by atoms with van der Waals surface area (Å²) in [6, 6.07) is 20.5. The lowest BCUT2D eigenvalue weighted by atomic mass is 9.96. The maximum Gasteiger partial charge on any atom is 0.338 e. The average molecular weight is 555 g/mol. The molecule has 0 unspecified atom stereocenters. The van der Waals surface area contributed by atoms with Crippen LogP contribution < -0.4 is 24.4 Å². The lowest BCUT2D eigenvalue weighted by molar-refractivity contribution is -0.136. The fourth-order valence-corrected chi connectivity index (χ4v) is 5.88. The summed E-state index contributed by atoms with van der Waals surface area (Å²) in [5, 5.41) is 0. The molecule has 0 aliphatic carbocycles. The molecule has 0 amide bonds. The number of hydrogen-bond acceptors (Lipinski definition) is 7. The van der Waals surface area contributed by atoms with E-state index < -0.39 is 12.0 Å². The Labute approximate surface area is 236 Å². The molecular weight excluding hydrogens is 524 g/mol. The highest BCUT2D eigenvalue weighted by Crippen LogP contribution is 2.30. The van der Waals surface area contributed by atoms with Gasteiger partial charge in [-0.15, -0.1) is 0 Å². The molecule has 40 heavy (non-hydrogen) atoms. The highest BCUT2D eigenvalue weighted by atomic mass is 32.1. The average Bonchev–Trinajstić information content (AvgIpc) is 3.27. The minimum Gasteiger partial charge on any atom is -0.496 e. The van der Waals surface area contributed by atoms with Gasteiger partial charge in [-0.25, -0.2) is 9.79 Å². The predicted octanol–water partition coefficient (Wildman–Crippen LogP) is 4.61. The number of hydrogen-bond donors (Lipinski definition) is 0. The summed E-state index contributed by atoms with van der Waals surface area (Å²) < 4.78 is 18.9. The smallest absolute Gasteiger partial charge is 0.338 e. The van der Waals surface area contributed by atoms with Crippen LogP contribution in [0.15, 0.2) is 87.8 Å². The molecule has 1 aromatic heterocycles. The van der Waals surface area contributed by atoms with E-state index in [0.29, 0.717) is 33.0 Å². The number of esters is 1. The summed E-state index contributed by atoms with van der Waals surface area (Å²) in [7, 11) is 2.96. The molecule has 5 rings (SSSR count). The Hall–Kier alpha value is -4.43. The number of ether oxygens (including phenoxy) is 3. The van der Waals surface area contributed by atoms with Crippen molar-refractivity contribution in [3.63, 3.8) is 0 Å². The first-order valence-electron chi connectivity index (χ1n) is 12.8. The molecule has 2 heterocycles. The van der Waals surface area contributed by atoms with Gasteiger partial charge in [0.05, 0.1) is 36.1 Å². The largest absolute Gasteiger partial charge is 0.496 e. The zero-order chi connectivity index (χ0) is 28.4. The molecule has 0 fully saturated rings. The lowest BCUT2D eigenvalue weighted by Gasteiger charge is -2.24. The van der Waals surface area contributed by atoms with E-state index in [1.54, 1.807) is 18.6 Å². The lowest BCUT2D eigenvalue weighted by Crippen LogP contribution is -2.39. The van der Waals surface area contributed by atoms with Crippen LogP contribution in [0.4, 0.5) is 0 Å². The molecule has 0 saturated carbocycles. The fourth-order valence-electron chi connectivity index (χ4n) is 4.83. The number of fused-ring (bicyclic) bond motifs is 1. The van der Waals surface area contributed by atoms with Crippen molar-refractivity contribution in [2.45, 2.75) is 33.4 Å². The van der Waals surface area contributed by atoms with Crippen LogP contribution in [0.25, 0.3) is 6.08 Å². The van der Waals surface area contributed by atoms with E-state index in [4.69, 9.17) is 14.2 Å². The Balaban J connectivity index is 1.57. The Bertz CT molecular complexity index is 1800. The molecule has 0 N–H and O–H groups in total. The van der Waals surface area contributed by atoms with E-state index in [-0.39, 0.29) is 5.56 Å². The molecule has 7 nitrogen and oxygen atoms in total. The van der Waals surface area contributed by atoms with E-state index in [0.717, 1.165) is 33.6 Å². The van der Waals surface area contributed by atoms with Crippen LogP contribution in [0.1, 0.15) is 40.8 Å². The fraction of sp³-hybridized carbons (Fsp3) is 0.219. The van der Waals surface area contributed by atoms with Crippen LogP contribution in [0, 0.1) is 13.8 Å². The zero-order valence-electron chi connectivity index (χ0n) is 23.1. The van der Waals surface area contributed by atoms with Gasteiger partial charge in [0.25, 0.3) is 5.56 Å². The van der Waals surface area contributed by atoms with Crippen molar-refractivity contribution < 1.29 is 19.0 Å². The summed E-state index contributed by atoms with van der Waals surface area (Å²) in [6.07, 6.45) is 1.84.